The molecule has 0 spiro atoms. The van der Waals surface area contributed by atoms with Crippen molar-refractivity contribution in [3.63, 3.8) is 0 Å². The van der Waals surface area contributed by atoms with Gasteiger partial charge in [-0.25, -0.2) is 0 Å². The predicted molar refractivity (Wildman–Crippen MR) is 65.9 cm³/mol. The first-order valence-corrected chi connectivity index (χ1v) is 4.88. The predicted octanol–water partition coefficient (Wildman–Crippen LogP) is 3.27. The number of rotatable bonds is 2. The lowest BCUT2D eigenvalue weighted by atomic mass is 10.3. The van der Waals surface area contributed by atoms with E-state index in [1.165, 1.54) is 0 Å². The Morgan fingerprint density at radius 3 is 1.38 bits per heavy atom. The highest BCUT2D eigenvalue weighted by Gasteiger charge is 1.96. The molecule has 4 N–H and O–H groups in total. The first kappa shape index (κ1) is 10.2. The summed E-state index contributed by atoms with van der Waals surface area (Å²) in [5.74, 6) is 0. The van der Waals surface area contributed by atoms with Crippen LogP contribution < -0.4 is 11.5 Å². The second kappa shape index (κ2) is 4.44. The zero-order valence-corrected chi connectivity index (χ0v) is 8.67. The summed E-state index contributed by atoms with van der Waals surface area (Å²) in [6.07, 6.45) is 0. The van der Waals surface area contributed by atoms with Crippen molar-refractivity contribution in [2.45, 2.75) is 0 Å². The molecule has 0 amide bonds. The minimum absolute atomic E-state index is 0.598. The Balaban J connectivity index is 2.29. The smallest absolute Gasteiger partial charge is 0.109 e. The lowest BCUT2D eigenvalue weighted by Gasteiger charge is -1.99. The van der Waals surface area contributed by atoms with E-state index in [1.807, 2.05) is 24.3 Å². The van der Waals surface area contributed by atoms with Crippen LogP contribution >= 0.6 is 0 Å². The first-order valence-electron chi connectivity index (χ1n) is 4.88. The number of anilines is 2. The maximum Gasteiger partial charge on any atom is 0.109 e. The van der Waals surface area contributed by atoms with E-state index in [0.29, 0.717) is 22.7 Å². The van der Waals surface area contributed by atoms with Gasteiger partial charge in [-0.15, -0.1) is 10.2 Å². The summed E-state index contributed by atoms with van der Waals surface area (Å²) < 4.78 is 0. The molecule has 4 heteroatoms. The van der Waals surface area contributed by atoms with Crippen LogP contribution in [-0.4, -0.2) is 0 Å². The molecule has 0 unspecified atom stereocenters. The molecular formula is C12H12N4. The lowest BCUT2D eigenvalue weighted by molar-refractivity contribution is 1.23. The highest BCUT2D eigenvalue weighted by molar-refractivity contribution is 5.64. The Bertz CT molecular complexity index is 472. The Labute approximate surface area is 93.6 Å². The van der Waals surface area contributed by atoms with Gasteiger partial charge in [0, 0.05) is 0 Å². The maximum absolute atomic E-state index is 5.74. The second-order valence-corrected chi connectivity index (χ2v) is 3.32. The molecule has 4 nitrogen and oxygen atoms in total. The fraction of sp³-hybridized carbons (Fsp3) is 0. The molecule has 0 fully saturated rings. The van der Waals surface area contributed by atoms with Gasteiger partial charge in [-0.05, 0) is 24.3 Å². The van der Waals surface area contributed by atoms with Gasteiger partial charge in [-0.2, -0.15) is 0 Å². The van der Waals surface area contributed by atoms with Crippen molar-refractivity contribution in [2.24, 2.45) is 10.2 Å². The summed E-state index contributed by atoms with van der Waals surface area (Å²) in [7, 11) is 0. The molecule has 80 valence electrons. The van der Waals surface area contributed by atoms with Crippen LogP contribution in [-0.2, 0) is 0 Å². The van der Waals surface area contributed by atoms with E-state index in [0.717, 1.165) is 0 Å². The normalized spacial score (nSPS) is 10.8. The van der Waals surface area contributed by atoms with E-state index in [4.69, 9.17) is 11.5 Å². The number of benzene rings is 2. The molecular weight excluding hydrogens is 200 g/mol. The largest absolute Gasteiger partial charge is 0.397 e. The highest BCUT2D eigenvalue weighted by atomic mass is 15.1. The number of hydrogen-bond donors (Lipinski definition) is 2. The Kier molecular flexibility index (Phi) is 2.82. The molecule has 0 radical (unpaired) electrons. The van der Waals surface area contributed by atoms with Gasteiger partial charge in [0.25, 0.3) is 0 Å². The van der Waals surface area contributed by atoms with E-state index >= 15 is 0 Å². The van der Waals surface area contributed by atoms with E-state index in [1.54, 1.807) is 24.3 Å². The summed E-state index contributed by atoms with van der Waals surface area (Å²) in [6.45, 7) is 0. The number of nitrogens with zero attached hydrogens (tertiary/aromatic N) is 2. The SMILES string of the molecule is Nc1ccccc1/N=N\c1ccccc1N. The van der Waals surface area contributed by atoms with Gasteiger partial charge in [0.15, 0.2) is 0 Å². The topological polar surface area (TPSA) is 76.8 Å². The summed E-state index contributed by atoms with van der Waals surface area (Å²) in [4.78, 5) is 0. The molecule has 0 bridgehead atoms. The van der Waals surface area contributed by atoms with Crippen LogP contribution in [0, 0.1) is 0 Å². The number of hydrogen-bond acceptors (Lipinski definition) is 4. The monoisotopic (exact) mass is 212 g/mol. The standard InChI is InChI=1S/C12H12N4/c13-9-5-1-3-7-11(9)15-16-12-8-4-2-6-10(12)14/h1-8H,13-14H2/b16-15-. The van der Waals surface area contributed by atoms with Crippen LogP contribution in [0.1, 0.15) is 0 Å². The van der Waals surface area contributed by atoms with Gasteiger partial charge >= 0.3 is 0 Å². The summed E-state index contributed by atoms with van der Waals surface area (Å²) in [5, 5.41) is 8.11. The van der Waals surface area contributed by atoms with Crippen LogP contribution in [0.5, 0.6) is 0 Å². The average Bonchev–Trinajstić information content (AvgIpc) is 2.30. The van der Waals surface area contributed by atoms with Crippen molar-refractivity contribution >= 4 is 22.7 Å². The molecule has 0 aliphatic heterocycles. The molecule has 2 aromatic carbocycles. The Morgan fingerprint density at radius 1 is 0.625 bits per heavy atom. The molecule has 0 atom stereocenters. The minimum atomic E-state index is 0.598. The van der Waals surface area contributed by atoms with Crippen LogP contribution in [0.4, 0.5) is 22.7 Å². The Hall–Kier alpha value is -2.36. The molecule has 0 saturated carbocycles. The van der Waals surface area contributed by atoms with E-state index in [-0.39, 0.29) is 0 Å². The fourth-order valence-electron chi connectivity index (χ4n) is 1.26. The molecule has 16 heavy (non-hydrogen) atoms. The van der Waals surface area contributed by atoms with Crippen molar-refractivity contribution < 1.29 is 0 Å². The van der Waals surface area contributed by atoms with E-state index in [9.17, 15) is 0 Å². The Morgan fingerprint density at radius 2 is 1.00 bits per heavy atom. The number of para-hydroxylation sites is 2. The van der Waals surface area contributed by atoms with Crippen molar-refractivity contribution in [1.82, 2.24) is 0 Å². The zero-order chi connectivity index (χ0) is 11.4. The van der Waals surface area contributed by atoms with Gasteiger partial charge in [0.2, 0.25) is 0 Å². The fourth-order valence-corrected chi connectivity index (χ4v) is 1.26. The summed E-state index contributed by atoms with van der Waals surface area (Å²) in [5.41, 5.74) is 14.0. The third kappa shape index (κ3) is 2.17. The number of nitrogen functional groups attached to an aromatic ring is 2. The molecule has 0 aromatic heterocycles. The van der Waals surface area contributed by atoms with Gasteiger partial charge in [0.05, 0.1) is 11.4 Å². The lowest BCUT2D eigenvalue weighted by Crippen LogP contribution is -1.84. The highest BCUT2D eigenvalue weighted by Crippen LogP contribution is 2.26. The summed E-state index contributed by atoms with van der Waals surface area (Å²) in [6, 6.07) is 14.6. The van der Waals surface area contributed by atoms with E-state index in [2.05, 4.69) is 10.2 Å². The van der Waals surface area contributed by atoms with Crippen LogP contribution in [0.15, 0.2) is 58.8 Å². The third-order valence-corrected chi connectivity index (χ3v) is 2.14. The van der Waals surface area contributed by atoms with Crippen molar-refractivity contribution in [3.8, 4) is 0 Å². The van der Waals surface area contributed by atoms with Gasteiger partial charge in [-0.3, -0.25) is 0 Å². The number of nitrogens with two attached hydrogens (primary N) is 2. The van der Waals surface area contributed by atoms with Gasteiger partial charge in [-0.1, -0.05) is 24.3 Å². The molecule has 0 heterocycles. The van der Waals surface area contributed by atoms with Crippen LogP contribution in [0.25, 0.3) is 0 Å². The number of azo groups is 1. The molecule has 0 saturated heterocycles. The average molecular weight is 212 g/mol. The second-order valence-electron chi connectivity index (χ2n) is 3.32. The maximum atomic E-state index is 5.74. The minimum Gasteiger partial charge on any atom is -0.397 e. The molecule has 0 aliphatic rings. The third-order valence-electron chi connectivity index (χ3n) is 2.14. The van der Waals surface area contributed by atoms with Crippen LogP contribution in [0.3, 0.4) is 0 Å². The van der Waals surface area contributed by atoms with Gasteiger partial charge in [0.1, 0.15) is 11.4 Å². The van der Waals surface area contributed by atoms with Crippen LogP contribution in [0.2, 0.25) is 0 Å². The summed E-state index contributed by atoms with van der Waals surface area (Å²) >= 11 is 0. The molecule has 0 aliphatic carbocycles. The van der Waals surface area contributed by atoms with E-state index < -0.39 is 0 Å². The van der Waals surface area contributed by atoms with Crippen molar-refractivity contribution in [2.75, 3.05) is 11.5 Å². The van der Waals surface area contributed by atoms with Gasteiger partial charge < -0.3 is 11.5 Å². The van der Waals surface area contributed by atoms with Crippen molar-refractivity contribution in [1.29, 1.82) is 0 Å². The molecule has 2 aromatic rings. The first-order chi connectivity index (χ1) is 7.77. The molecule has 2 rings (SSSR count). The van der Waals surface area contributed by atoms with Crippen molar-refractivity contribution in [3.05, 3.63) is 48.5 Å². The quantitative estimate of drug-likeness (QED) is 0.592. The zero-order valence-electron chi connectivity index (χ0n) is 8.67.